The van der Waals surface area contributed by atoms with Gasteiger partial charge in [0.25, 0.3) is 0 Å². The van der Waals surface area contributed by atoms with Crippen LogP contribution < -0.4 is 16.0 Å². The summed E-state index contributed by atoms with van der Waals surface area (Å²) in [5.41, 5.74) is -0.817. The van der Waals surface area contributed by atoms with Gasteiger partial charge in [-0.2, -0.15) is 0 Å². The average Bonchev–Trinajstić information content (AvgIpc) is 3.04. The Labute approximate surface area is 152 Å². The highest BCUT2D eigenvalue weighted by Gasteiger charge is 2.46. The van der Waals surface area contributed by atoms with Gasteiger partial charge in [-0.25, -0.2) is 0 Å². The molecule has 0 aromatic heterocycles. The van der Waals surface area contributed by atoms with Crippen LogP contribution in [0, 0.1) is 5.41 Å². The zero-order valence-corrected chi connectivity index (χ0v) is 14.8. The average molecular weight is 374 g/mol. The van der Waals surface area contributed by atoms with Gasteiger partial charge in [-0.3, -0.25) is 19.2 Å². The molecule has 0 aromatic rings. The van der Waals surface area contributed by atoms with E-state index in [1.807, 2.05) is 0 Å². The van der Waals surface area contributed by atoms with Crippen molar-refractivity contribution in [3.8, 4) is 0 Å². The lowest BCUT2D eigenvalue weighted by Crippen LogP contribution is -2.56. The molecule has 4 amide bonds. The van der Waals surface area contributed by atoms with E-state index in [0.29, 0.717) is 45.7 Å². The van der Waals surface area contributed by atoms with Crippen molar-refractivity contribution in [2.24, 2.45) is 5.41 Å². The van der Waals surface area contributed by atoms with Crippen LogP contribution in [0.1, 0.15) is 12.8 Å². The Kier molecular flexibility index (Phi) is 6.23. The molecular weight excluding hydrogens is 350 g/mol. The van der Waals surface area contributed by atoms with Gasteiger partial charge in [0.1, 0.15) is 0 Å². The van der Waals surface area contributed by atoms with E-state index < -0.39 is 5.41 Å². The van der Waals surface area contributed by atoms with Crippen LogP contribution in [0.25, 0.3) is 0 Å². The summed E-state index contributed by atoms with van der Waals surface area (Å²) in [5.74, 6) is -0.664. The Bertz CT molecular complexity index is 564. The molecule has 0 saturated carbocycles. The minimum Gasteiger partial charge on any atom is -0.353 e. The van der Waals surface area contributed by atoms with Crippen LogP contribution in [0.2, 0.25) is 0 Å². The van der Waals surface area contributed by atoms with Crippen LogP contribution in [0.4, 0.5) is 0 Å². The lowest BCUT2D eigenvalue weighted by molar-refractivity contribution is -0.150. The SMILES string of the molecule is Cl.O=C1CN(C(=O)CC2(C(=O)N3CCNC(=O)C3)CCNC2)CCN1. The standard InChI is InChI=1S/C15H23N5O4.ClH/c21-11-8-19(5-3-17-11)13(23)7-15(1-2-16-10-15)14(24)20-6-4-18-12(22)9-20;/h16H,1-10H2,(H,17,21)(H,18,22);1H. The molecule has 25 heavy (non-hydrogen) atoms. The molecule has 9 nitrogen and oxygen atoms in total. The molecule has 10 heteroatoms. The Morgan fingerprint density at radius 1 is 0.960 bits per heavy atom. The number of carbonyl (C=O) groups is 4. The van der Waals surface area contributed by atoms with Crippen LogP contribution in [0.3, 0.4) is 0 Å². The largest absolute Gasteiger partial charge is 0.353 e. The predicted octanol–water partition coefficient (Wildman–Crippen LogP) is -2.31. The first-order valence-electron chi connectivity index (χ1n) is 8.31. The third-order valence-corrected chi connectivity index (χ3v) is 4.90. The molecule has 0 aromatic carbocycles. The van der Waals surface area contributed by atoms with Crippen molar-refractivity contribution in [3.63, 3.8) is 0 Å². The van der Waals surface area contributed by atoms with Crippen molar-refractivity contribution in [3.05, 3.63) is 0 Å². The highest BCUT2D eigenvalue weighted by molar-refractivity contribution is 5.93. The van der Waals surface area contributed by atoms with Gasteiger partial charge >= 0.3 is 0 Å². The van der Waals surface area contributed by atoms with E-state index in [9.17, 15) is 19.2 Å². The fourth-order valence-electron chi connectivity index (χ4n) is 3.55. The molecule has 1 atom stereocenters. The number of halogens is 1. The second kappa shape index (κ2) is 8.01. The van der Waals surface area contributed by atoms with Crippen LogP contribution in [-0.2, 0) is 19.2 Å². The number of carbonyl (C=O) groups excluding carboxylic acids is 4. The molecule has 3 N–H and O–H groups in total. The van der Waals surface area contributed by atoms with E-state index in [4.69, 9.17) is 0 Å². The summed E-state index contributed by atoms with van der Waals surface area (Å²) in [6.45, 7) is 2.99. The van der Waals surface area contributed by atoms with E-state index in [2.05, 4.69) is 16.0 Å². The first kappa shape index (κ1) is 19.5. The number of hydrogen-bond donors (Lipinski definition) is 3. The van der Waals surface area contributed by atoms with Crippen LogP contribution in [-0.4, -0.2) is 85.8 Å². The van der Waals surface area contributed by atoms with Crippen molar-refractivity contribution in [1.82, 2.24) is 25.8 Å². The number of nitrogens with zero attached hydrogens (tertiary/aromatic N) is 2. The molecule has 0 bridgehead atoms. The highest BCUT2D eigenvalue weighted by atomic mass is 35.5. The molecule has 140 valence electrons. The van der Waals surface area contributed by atoms with Gasteiger partial charge in [0.2, 0.25) is 23.6 Å². The summed E-state index contributed by atoms with van der Waals surface area (Å²) in [6, 6.07) is 0. The molecule has 0 radical (unpaired) electrons. The Morgan fingerprint density at radius 2 is 1.56 bits per heavy atom. The lowest BCUT2D eigenvalue weighted by Gasteiger charge is -2.37. The minimum absolute atomic E-state index is 0. The van der Waals surface area contributed by atoms with E-state index in [-0.39, 0.29) is 55.5 Å². The maximum Gasteiger partial charge on any atom is 0.239 e. The van der Waals surface area contributed by atoms with Crippen molar-refractivity contribution >= 4 is 36.0 Å². The van der Waals surface area contributed by atoms with Gasteiger partial charge in [-0.1, -0.05) is 0 Å². The normalized spacial score (nSPS) is 26.6. The molecule has 3 heterocycles. The third-order valence-electron chi connectivity index (χ3n) is 4.90. The molecule has 3 saturated heterocycles. The summed E-state index contributed by atoms with van der Waals surface area (Å²) in [5, 5.41) is 8.55. The molecule has 3 fully saturated rings. The molecule has 3 aliphatic heterocycles. The van der Waals surface area contributed by atoms with E-state index in [1.54, 1.807) is 4.90 Å². The molecular formula is C15H24ClN5O4. The fraction of sp³-hybridized carbons (Fsp3) is 0.733. The van der Waals surface area contributed by atoms with Gasteiger partial charge in [-0.15, -0.1) is 12.4 Å². The highest BCUT2D eigenvalue weighted by Crippen LogP contribution is 2.33. The van der Waals surface area contributed by atoms with Crippen molar-refractivity contribution < 1.29 is 19.2 Å². The fourth-order valence-corrected chi connectivity index (χ4v) is 3.55. The van der Waals surface area contributed by atoms with Crippen molar-refractivity contribution in [2.75, 3.05) is 52.4 Å². The third kappa shape index (κ3) is 4.21. The number of hydrogen-bond acceptors (Lipinski definition) is 5. The van der Waals surface area contributed by atoms with Gasteiger partial charge in [0.15, 0.2) is 0 Å². The van der Waals surface area contributed by atoms with Gasteiger partial charge in [-0.05, 0) is 13.0 Å². The number of piperazine rings is 2. The van der Waals surface area contributed by atoms with Gasteiger partial charge in [0.05, 0.1) is 18.5 Å². The zero-order valence-electron chi connectivity index (χ0n) is 14.0. The summed E-state index contributed by atoms with van der Waals surface area (Å²) in [7, 11) is 0. The lowest BCUT2D eigenvalue weighted by atomic mass is 9.81. The Balaban J connectivity index is 0.00000225. The molecule has 0 spiro atoms. The number of rotatable bonds is 3. The molecule has 0 aliphatic carbocycles. The maximum absolute atomic E-state index is 13.0. The quantitative estimate of drug-likeness (QED) is 0.515. The van der Waals surface area contributed by atoms with Gasteiger partial charge in [0, 0.05) is 39.1 Å². The number of amides is 4. The van der Waals surface area contributed by atoms with Crippen LogP contribution in [0.15, 0.2) is 0 Å². The van der Waals surface area contributed by atoms with Gasteiger partial charge < -0.3 is 25.8 Å². The predicted molar refractivity (Wildman–Crippen MR) is 91.0 cm³/mol. The Morgan fingerprint density at radius 3 is 2.12 bits per heavy atom. The first-order valence-corrected chi connectivity index (χ1v) is 8.31. The molecule has 1 unspecified atom stereocenters. The second-order valence-electron chi connectivity index (χ2n) is 6.63. The van der Waals surface area contributed by atoms with E-state index in [0.717, 1.165) is 0 Å². The van der Waals surface area contributed by atoms with Crippen LogP contribution in [0.5, 0.6) is 0 Å². The number of nitrogens with one attached hydrogen (secondary N) is 3. The van der Waals surface area contributed by atoms with Crippen molar-refractivity contribution in [2.45, 2.75) is 12.8 Å². The second-order valence-corrected chi connectivity index (χ2v) is 6.63. The first-order chi connectivity index (χ1) is 11.5. The van der Waals surface area contributed by atoms with Crippen molar-refractivity contribution in [1.29, 1.82) is 0 Å². The smallest absolute Gasteiger partial charge is 0.239 e. The van der Waals surface area contributed by atoms with Crippen LogP contribution >= 0.6 is 12.4 Å². The minimum atomic E-state index is -0.817. The van der Waals surface area contributed by atoms with E-state index in [1.165, 1.54) is 4.90 Å². The summed E-state index contributed by atoms with van der Waals surface area (Å²) in [6.07, 6.45) is 0.639. The summed E-state index contributed by atoms with van der Waals surface area (Å²) < 4.78 is 0. The topological polar surface area (TPSA) is 111 Å². The van der Waals surface area contributed by atoms with E-state index >= 15 is 0 Å². The zero-order chi connectivity index (χ0) is 17.2. The molecule has 3 aliphatic rings. The summed E-state index contributed by atoms with van der Waals surface area (Å²) in [4.78, 5) is 51.7. The monoisotopic (exact) mass is 373 g/mol. The molecule has 3 rings (SSSR count). The maximum atomic E-state index is 13.0. The summed E-state index contributed by atoms with van der Waals surface area (Å²) >= 11 is 0. The Hall–Kier alpha value is -1.87.